The van der Waals surface area contributed by atoms with E-state index >= 15 is 0 Å². The second-order valence-electron chi connectivity index (χ2n) is 4.36. The molecule has 0 spiro atoms. The van der Waals surface area contributed by atoms with Gasteiger partial charge in [0.05, 0.1) is 5.60 Å². The first-order valence-electron chi connectivity index (χ1n) is 5.26. The van der Waals surface area contributed by atoms with Crippen LogP contribution in [0.4, 0.5) is 0 Å². The van der Waals surface area contributed by atoms with Gasteiger partial charge in [0.2, 0.25) is 0 Å². The summed E-state index contributed by atoms with van der Waals surface area (Å²) in [4.78, 5) is 0. The van der Waals surface area contributed by atoms with Gasteiger partial charge in [-0.2, -0.15) is 0 Å². The van der Waals surface area contributed by atoms with E-state index in [1.165, 1.54) is 12.8 Å². The van der Waals surface area contributed by atoms with Crippen LogP contribution in [0.5, 0.6) is 0 Å². The summed E-state index contributed by atoms with van der Waals surface area (Å²) < 4.78 is 5.45. The Labute approximate surface area is 82.3 Å². The van der Waals surface area contributed by atoms with Crippen LogP contribution in [0.1, 0.15) is 53.9 Å². The average Bonchev–Trinajstić information content (AvgIpc) is 1.97. The van der Waals surface area contributed by atoms with Crippen molar-refractivity contribution in [3.63, 3.8) is 0 Å². The molecule has 2 unspecified atom stereocenters. The summed E-state index contributed by atoms with van der Waals surface area (Å²) in [6, 6.07) is 0. The van der Waals surface area contributed by atoms with Crippen LogP contribution in [0.15, 0.2) is 0 Å². The second-order valence-corrected chi connectivity index (χ2v) is 4.36. The molecule has 0 aromatic carbocycles. The van der Waals surface area contributed by atoms with Gasteiger partial charge in [0, 0.05) is 0 Å². The van der Waals surface area contributed by atoms with Crippen LogP contribution in [0.25, 0.3) is 0 Å². The minimum Gasteiger partial charge on any atom is -0.368 e. The van der Waals surface area contributed by atoms with E-state index in [1.807, 2.05) is 13.8 Å². The predicted octanol–water partition coefficient (Wildman–Crippen LogP) is 2.95. The third-order valence-electron chi connectivity index (χ3n) is 2.65. The lowest BCUT2D eigenvalue weighted by Crippen LogP contribution is -2.36. The third-order valence-corrected chi connectivity index (χ3v) is 2.65. The summed E-state index contributed by atoms with van der Waals surface area (Å²) >= 11 is 0. The normalized spacial score (nSPS) is 17.1. The smallest absolute Gasteiger partial charge is 0.152 e. The van der Waals surface area contributed by atoms with Gasteiger partial charge in [-0.25, -0.2) is 0 Å². The van der Waals surface area contributed by atoms with E-state index in [0.29, 0.717) is 5.92 Å². The number of rotatable bonds is 6. The molecule has 0 saturated heterocycles. The Morgan fingerprint density at radius 2 is 1.85 bits per heavy atom. The molecular weight excluding hydrogens is 164 g/mol. The van der Waals surface area contributed by atoms with Gasteiger partial charge in [0.15, 0.2) is 6.29 Å². The van der Waals surface area contributed by atoms with Crippen molar-refractivity contribution in [1.29, 1.82) is 0 Å². The topological polar surface area (TPSA) is 29.5 Å². The van der Waals surface area contributed by atoms with Crippen LogP contribution in [0.2, 0.25) is 0 Å². The van der Waals surface area contributed by atoms with Crippen LogP contribution >= 0.6 is 0 Å². The molecule has 0 heterocycles. The quantitative estimate of drug-likeness (QED) is 0.649. The molecule has 2 heteroatoms. The Morgan fingerprint density at radius 3 is 2.23 bits per heavy atom. The van der Waals surface area contributed by atoms with Gasteiger partial charge in [-0.05, 0) is 33.1 Å². The van der Waals surface area contributed by atoms with Gasteiger partial charge in [0.25, 0.3) is 0 Å². The molecule has 0 aliphatic carbocycles. The SMILES string of the molecule is CCCCC(C)C(C)(C)OC(C)O. The van der Waals surface area contributed by atoms with Gasteiger partial charge in [-0.3, -0.25) is 0 Å². The van der Waals surface area contributed by atoms with Crippen molar-refractivity contribution in [2.75, 3.05) is 0 Å². The zero-order valence-corrected chi connectivity index (χ0v) is 9.63. The van der Waals surface area contributed by atoms with Crippen LogP contribution < -0.4 is 0 Å². The molecule has 2 atom stereocenters. The average molecular weight is 188 g/mol. The van der Waals surface area contributed by atoms with Gasteiger partial charge < -0.3 is 9.84 Å². The van der Waals surface area contributed by atoms with E-state index in [1.54, 1.807) is 6.92 Å². The van der Waals surface area contributed by atoms with Crippen molar-refractivity contribution in [2.45, 2.75) is 65.8 Å². The van der Waals surface area contributed by atoms with Crippen molar-refractivity contribution >= 4 is 0 Å². The summed E-state index contributed by atoms with van der Waals surface area (Å²) in [7, 11) is 0. The van der Waals surface area contributed by atoms with E-state index in [9.17, 15) is 0 Å². The lowest BCUT2D eigenvalue weighted by Gasteiger charge is -2.33. The molecule has 0 aromatic rings. The van der Waals surface area contributed by atoms with Crippen LogP contribution in [-0.2, 0) is 4.74 Å². The second kappa shape index (κ2) is 5.61. The monoisotopic (exact) mass is 188 g/mol. The Balaban J connectivity index is 3.94. The van der Waals surface area contributed by atoms with Crippen molar-refractivity contribution < 1.29 is 9.84 Å². The number of unbranched alkanes of at least 4 members (excludes halogenated alkanes) is 1. The number of aliphatic hydroxyl groups is 1. The highest BCUT2D eigenvalue weighted by Crippen LogP contribution is 2.26. The minimum atomic E-state index is -0.668. The predicted molar refractivity (Wildman–Crippen MR) is 55.5 cm³/mol. The number of aliphatic hydroxyl groups excluding tert-OH is 1. The summed E-state index contributed by atoms with van der Waals surface area (Å²) in [5.74, 6) is 0.488. The van der Waals surface area contributed by atoms with E-state index in [0.717, 1.165) is 6.42 Å². The van der Waals surface area contributed by atoms with Gasteiger partial charge in [0.1, 0.15) is 0 Å². The van der Waals surface area contributed by atoms with Crippen molar-refractivity contribution in [1.82, 2.24) is 0 Å². The lowest BCUT2D eigenvalue weighted by atomic mass is 9.88. The molecule has 1 N–H and O–H groups in total. The van der Waals surface area contributed by atoms with Crippen molar-refractivity contribution in [2.24, 2.45) is 5.92 Å². The Morgan fingerprint density at radius 1 is 1.31 bits per heavy atom. The minimum absolute atomic E-state index is 0.219. The fourth-order valence-electron chi connectivity index (χ4n) is 1.41. The Bertz CT molecular complexity index is 130. The first-order valence-corrected chi connectivity index (χ1v) is 5.26. The first-order chi connectivity index (χ1) is 5.90. The highest BCUT2D eigenvalue weighted by molar-refractivity contribution is 4.76. The largest absolute Gasteiger partial charge is 0.368 e. The maximum atomic E-state index is 9.14. The summed E-state index contributed by atoms with van der Waals surface area (Å²) in [5, 5.41) is 9.14. The molecule has 0 bridgehead atoms. The van der Waals surface area contributed by atoms with E-state index < -0.39 is 6.29 Å². The first kappa shape index (κ1) is 12.9. The third kappa shape index (κ3) is 5.27. The molecule has 2 nitrogen and oxygen atoms in total. The van der Waals surface area contributed by atoms with E-state index in [4.69, 9.17) is 9.84 Å². The molecule has 0 aromatic heterocycles. The lowest BCUT2D eigenvalue weighted by molar-refractivity contribution is -0.181. The molecule has 13 heavy (non-hydrogen) atoms. The highest BCUT2D eigenvalue weighted by Gasteiger charge is 2.27. The maximum Gasteiger partial charge on any atom is 0.152 e. The summed E-state index contributed by atoms with van der Waals surface area (Å²) in [6.45, 7) is 10.1. The van der Waals surface area contributed by atoms with Crippen molar-refractivity contribution in [3.8, 4) is 0 Å². The molecule has 0 saturated carbocycles. The molecule has 0 rings (SSSR count). The van der Waals surface area contributed by atoms with Crippen LogP contribution in [0.3, 0.4) is 0 Å². The van der Waals surface area contributed by atoms with Crippen LogP contribution in [0, 0.1) is 5.92 Å². The highest BCUT2D eigenvalue weighted by atomic mass is 16.6. The molecule has 0 aliphatic rings. The Kier molecular flexibility index (Phi) is 5.57. The molecular formula is C11H24O2. The molecule has 80 valence electrons. The number of ether oxygens (including phenoxy) is 1. The number of hydrogen-bond donors (Lipinski definition) is 1. The van der Waals surface area contributed by atoms with E-state index in [-0.39, 0.29) is 5.60 Å². The fraction of sp³-hybridized carbons (Fsp3) is 1.00. The molecule has 0 fully saturated rings. The van der Waals surface area contributed by atoms with Gasteiger partial charge >= 0.3 is 0 Å². The molecule has 0 radical (unpaired) electrons. The maximum absolute atomic E-state index is 9.14. The van der Waals surface area contributed by atoms with E-state index in [2.05, 4.69) is 13.8 Å². The molecule has 0 aliphatic heterocycles. The van der Waals surface area contributed by atoms with Gasteiger partial charge in [-0.15, -0.1) is 0 Å². The number of hydrogen-bond acceptors (Lipinski definition) is 2. The van der Waals surface area contributed by atoms with Crippen molar-refractivity contribution in [3.05, 3.63) is 0 Å². The molecule has 0 amide bonds. The Hall–Kier alpha value is -0.0800. The summed E-state index contributed by atoms with van der Waals surface area (Å²) in [5.41, 5.74) is -0.219. The zero-order chi connectivity index (χ0) is 10.5. The fourth-order valence-corrected chi connectivity index (χ4v) is 1.41. The van der Waals surface area contributed by atoms with Crippen LogP contribution in [-0.4, -0.2) is 17.0 Å². The standard InChI is InChI=1S/C11H24O2/c1-6-7-8-9(2)11(4,5)13-10(3)12/h9-10,12H,6-8H2,1-5H3. The summed E-state index contributed by atoms with van der Waals surface area (Å²) in [6.07, 6.45) is 2.94. The zero-order valence-electron chi connectivity index (χ0n) is 9.63. The van der Waals surface area contributed by atoms with Gasteiger partial charge in [-0.1, -0.05) is 26.7 Å².